The maximum absolute atomic E-state index is 5.86. The number of hydrazine groups is 1. The topological polar surface area (TPSA) is 55.9 Å². The number of aromatic nitrogens is 2. The molecule has 1 saturated carbocycles. The van der Waals surface area contributed by atoms with E-state index in [2.05, 4.69) is 38.2 Å². The Bertz CT molecular complexity index is 466. The van der Waals surface area contributed by atoms with Gasteiger partial charge in [-0.15, -0.1) is 0 Å². The summed E-state index contributed by atoms with van der Waals surface area (Å²) < 4.78 is 1.99. The van der Waals surface area contributed by atoms with E-state index in [9.17, 15) is 0 Å². The number of nitrogens with zero attached hydrogens (tertiary/aromatic N) is 2. The molecule has 3 N–H and O–H groups in total. The van der Waals surface area contributed by atoms with Gasteiger partial charge < -0.3 is 0 Å². The standard InChI is InChI=1S/C17H32N4/c1-11-6-7-15(10-12(11)2)17(19-18)9-8-16-13(3)20-21(5)14(16)4/h11-12,15,17,19H,6-10,18H2,1-5H3. The second-order valence-electron chi connectivity index (χ2n) is 7.11. The van der Waals surface area contributed by atoms with Gasteiger partial charge in [-0.3, -0.25) is 16.0 Å². The van der Waals surface area contributed by atoms with Crippen molar-refractivity contribution in [2.45, 2.75) is 65.8 Å². The average molecular weight is 292 g/mol. The molecule has 1 aliphatic rings. The number of nitrogens with two attached hydrogens (primary N) is 1. The first-order chi connectivity index (χ1) is 9.93. The van der Waals surface area contributed by atoms with E-state index in [1.54, 1.807) is 0 Å². The third-order valence-electron chi connectivity index (χ3n) is 5.79. The van der Waals surface area contributed by atoms with E-state index in [4.69, 9.17) is 5.84 Å². The van der Waals surface area contributed by atoms with E-state index in [0.717, 1.165) is 36.3 Å². The normalized spacial score (nSPS) is 27.8. The zero-order chi connectivity index (χ0) is 15.6. The molecule has 0 aromatic carbocycles. The van der Waals surface area contributed by atoms with Gasteiger partial charge in [-0.2, -0.15) is 5.10 Å². The fourth-order valence-corrected chi connectivity index (χ4v) is 3.89. The molecule has 2 rings (SSSR count). The second kappa shape index (κ2) is 6.93. The van der Waals surface area contributed by atoms with Crippen LogP contribution in [0.2, 0.25) is 0 Å². The Morgan fingerprint density at radius 2 is 2.00 bits per heavy atom. The number of rotatable bonds is 5. The number of nitrogens with one attached hydrogen (secondary N) is 1. The van der Waals surface area contributed by atoms with E-state index in [1.807, 2.05) is 11.7 Å². The lowest BCUT2D eigenvalue weighted by molar-refractivity contribution is 0.166. The van der Waals surface area contributed by atoms with Crippen molar-refractivity contribution in [2.24, 2.45) is 30.6 Å². The molecule has 120 valence electrons. The molecule has 21 heavy (non-hydrogen) atoms. The van der Waals surface area contributed by atoms with Crippen molar-refractivity contribution < 1.29 is 0 Å². The largest absolute Gasteiger partial charge is 0.272 e. The lowest BCUT2D eigenvalue weighted by atomic mass is 9.72. The SMILES string of the molecule is Cc1nn(C)c(C)c1CCC(NN)C1CCC(C)C(C)C1. The Kier molecular flexibility index (Phi) is 5.44. The molecule has 4 nitrogen and oxygen atoms in total. The molecular formula is C17H32N4. The smallest absolute Gasteiger partial charge is 0.0628 e. The molecule has 1 aliphatic carbocycles. The van der Waals surface area contributed by atoms with Crippen LogP contribution in [0, 0.1) is 31.6 Å². The van der Waals surface area contributed by atoms with Gasteiger partial charge in [0.25, 0.3) is 0 Å². The van der Waals surface area contributed by atoms with Gasteiger partial charge in [0, 0.05) is 18.8 Å². The quantitative estimate of drug-likeness (QED) is 0.648. The molecule has 4 heteroatoms. The summed E-state index contributed by atoms with van der Waals surface area (Å²) in [6.07, 6.45) is 6.14. The summed E-state index contributed by atoms with van der Waals surface area (Å²) in [5.41, 5.74) is 6.94. The fourth-order valence-electron chi connectivity index (χ4n) is 3.89. The number of hydrogen-bond donors (Lipinski definition) is 2. The third-order valence-corrected chi connectivity index (χ3v) is 5.79. The molecule has 1 heterocycles. The van der Waals surface area contributed by atoms with Crippen molar-refractivity contribution in [3.8, 4) is 0 Å². The first-order valence-electron chi connectivity index (χ1n) is 8.39. The summed E-state index contributed by atoms with van der Waals surface area (Å²) in [6, 6.07) is 0.430. The predicted molar refractivity (Wildman–Crippen MR) is 87.8 cm³/mol. The minimum atomic E-state index is 0.430. The Balaban J connectivity index is 1.96. The highest BCUT2D eigenvalue weighted by molar-refractivity contribution is 5.24. The Morgan fingerprint density at radius 3 is 2.52 bits per heavy atom. The van der Waals surface area contributed by atoms with Gasteiger partial charge in [0.2, 0.25) is 0 Å². The number of hydrogen-bond acceptors (Lipinski definition) is 3. The highest BCUT2D eigenvalue weighted by atomic mass is 15.3. The summed E-state index contributed by atoms with van der Waals surface area (Å²) in [5.74, 6) is 8.26. The van der Waals surface area contributed by atoms with Crippen LogP contribution in [0.5, 0.6) is 0 Å². The van der Waals surface area contributed by atoms with E-state index in [-0.39, 0.29) is 0 Å². The van der Waals surface area contributed by atoms with Crippen LogP contribution in [0.4, 0.5) is 0 Å². The van der Waals surface area contributed by atoms with Crippen molar-refractivity contribution >= 4 is 0 Å². The van der Waals surface area contributed by atoms with Gasteiger partial charge in [0.1, 0.15) is 0 Å². The van der Waals surface area contributed by atoms with Crippen LogP contribution < -0.4 is 11.3 Å². The highest BCUT2D eigenvalue weighted by Gasteiger charge is 2.29. The van der Waals surface area contributed by atoms with Crippen LogP contribution in [0.3, 0.4) is 0 Å². The van der Waals surface area contributed by atoms with Crippen molar-refractivity contribution in [3.63, 3.8) is 0 Å². The van der Waals surface area contributed by atoms with Crippen LogP contribution in [-0.4, -0.2) is 15.8 Å². The van der Waals surface area contributed by atoms with E-state index in [0.29, 0.717) is 6.04 Å². The monoisotopic (exact) mass is 292 g/mol. The molecule has 4 atom stereocenters. The van der Waals surface area contributed by atoms with Gasteiger partial charge >= 0.3 is 0 Å². The summed E-state index contributed by atoms with van der Waals surface area (Å²) in [6.45, 7) is 9.04. The zero-order valence-corrected chi connectivity index (χ0v) is 14.3. The Morgan fingerprint density at radius 1 is 1.29 bits per heavy atom. The summed E-state index contributed by atoms with van der Waals surface area (Å²) in [7, 11) is 2.02. The first-order valence-corrected chi connectivity index (χ1v) is 8.39. The molecule has 0 spiro atoms. The second-order valence-corrected chi connectivity index (χ2v) is 7.11. The van der Waals surface area contributed by atoms with Crippen molar-refractivity contribution in [1.29, 1.82) is 0 Å². The fraction of sp³-hybridized carbons (Fsp3) is 0.824. The zero-order valence-electron chi connectivity index (χ0n) is 14.3. The average Bonchev–Trinajstić information content (AvgIpc) is 2.69. The van der Waals surface area contributed by atoms with Gasteiger partial charge in [0.05, 0.1) is 5.69 Å². The van der Waals surface area contributed by atoms with E-state index in [1.165, 1.54) is 30.5 Å². The van der Waals surface area contributed by atoms with Crippen LogP contribution in [0.15, 0.2) is 0 Å². The van der Waals surface area contributed by atoms with Crippen LogP contribution in [-0.2, 0) is 13.5 Å². The Labute approximate surface area is 129 Å². The summed E-state index contributed by atoms with van der Waals surface area (Å²) in [5, 5.41) is 4.51. The first kappa shape index (κ1) is 16.5. The van der Waals surface area contributed by atoms with Crippen molar-refractivity contribution in [1.82, 2.24) is 15.2 Å². The van der Waals surface area contributed by atoms with Gasteiger partial charge in [-0.1, -0.05) is 20.3 Å². The van der Waals surface area contributed by atoms with Gasteiger partial charge in [-0.05, 0) is 62.8 Å². The molecular weight excluding hydrogens is 260 g/mol. The predicted octanol–water partition coefficient (Wildman–Crippen LogP) is 2.87. The van der Waals surface area contributed by atoms with E-state index < -0.39 is 0 Å². The molecule has 0 saturated heterocycles. The van der Waals surface area contributed by atoms with Crippen LogP contribution in [0.25, 0.3) is 0 Å². The van der Waals surface area contributed by atoms with Gasteiger partial charge in [0.15, 0.2) is 0 Å². The lowest BCUT2D eigenvalue weighted by Gasteiger charge is -2.36. The van der Waals surface area contributed by atoms with Gasteiger partial charge in [-0.25, -0.2) is 0 Å². The molecule has 1 fully saturated rings. The molecule has 0 radical (unpaired) electrons. The lowest BCUT2D eigenvalue weighted by Crippen LogP contribution is -2.43. The molecule has 4 unspecified atom stereocenters. The number of aryl methyl sites for hydroxylation is 2. The van der Waals surface area contributed by atoms with Crippen LogP contribution >= 0.6 is 0 Å². The Hall–Kier alpha value is -0.870. The molecule has 0 amide bonds. The highest BCUT2D eigenvalue weighted by Crippen LogP contribution is 2.36. The van der Waals surface area contributed by atoms with Crippen molar-refractivity contribution in [2.75, 3.05) is 0 Å². The van der Waals surface area contributed by atoms with Crippen molar-refractivity contribution in [3.05, 3.63) is 17.0 Å². The maximum Gasteiger partial charge on any atom is 0.0628 e. The molecule has 1 aromatic heterocycles. The van der Waals surface area contributed by atoms with E-state index >= 15 is 0 Å². The minimum absolute atomic E-state index is 0.430. The molecule has 0 aliphatic heterocycles. The summed E-state index contributed by atoms with van der Waals surface area (Å²) >= 11 is 0. The molecule has 0 bridgehead atoms. The summed E-state index contributed by atoms with van der Waals surface area (Å²) in [4.78, 5) is 0. The third kappa shape index (κ3) is 3.67. The maximum atomic E-state index is 5.86. The minimum Gasteiger partial charge on any atom is -0.272 e. The molecule has 1 aromatic rings. The van der Waals surface area contributed by atoms with Crippen LogP contribution in [0.1, 0.15) is 56.5 Å².